The number of hydrogen-bond donors (Lipinski definition) is 0. The lowest BCUT2D eigenvalue weighted by molar-refractivity contribution is 0.596. The summed E-state index contributed by atoms with van der Waals surface area (Å²) in [7, 11) is -3.45. The Morgan fingerprint density at radius 2 is 1.04 bits per heavy atom. The molecule has 128 valence electrons. The Morgan fingerprint density at radius 1 is 0.640 bits per heavy atom. The Kier molecular flexibility index (Phi) is 5.05. The first kappa shape index (κ1) is 17.4. The average Bonchev–Trinajstić information content (AvgIpc) is 2.63. The average molecular weight is 350 g/mol. The zero-order valence-corrected chi connectivity index (χ0v) is 15.4. The molecule has 2 nitrogen and oxygen atoms in total. The van der Waals surface area contributed by atoms with Gasteiger partial charge in [-0.05, 0) is 60.7 Å². The van der Waals surface area contributed by atoms with Crippen LogP contribution in [0.25, 0.3) is 0 Å². The summed E-state index contributed by atoms with van der Waals surface area (Å²) >= 11 is 0. The van der Waals surface area contributed by atoms with Crippen LogP contribution < -0.4 is 0 Å². The van der Waals surface area contributed by atoms with Crippen molar-refractivity contribution in [3.8, 4) is 0 Å². The molecule has 0 aliphatic rings. The van der Waals surface area contributed by atoms with Gasteiger partial charge < -0.3 is 0 Å². The summed E-state index contributed by atoms with van der Waals surface area (Å²) < 4.78 is 25.4. The van der Waals surface area contributed by atoms with Crippen molar-refractivity contribution in [2.75, 3.05) is 0 Å². The highest BCUT2D eigenvalue weighted by Crippen LogP contribution is 2.22. The second-order valence-corrected chi connectivity index (χ2v) is 8.26. The zero-order valence-electron chi connectivity index (χ0n) is 14.6. The Bertz CT molecular complexity index is 936. The van der Waals surface area contributed by atoms with Crippen molar-refractivity contribution in [1.29, 1.82) is 0 Å². The molecule has 0 bridgehead atoms. The number of hydrogen-bond acceptors (Lipinski definition) is 2. The molecule has 0 aromatic heterocycles. The molecule has 0 N–H and O–H groups in total. The Balaban J connectivity index is 1.80. The second-order valence-electron chi connectivity index (χ2n) is 6.31. The van der Waals surface area contributed by atoms with Crippen molar-refractivity contribution >= 4 is 9.84 Å². The molecule has 0 aliphatic carbocycles. The first-order chi connectivity index (χ1) is 12.0. The van der Waals surface area contributed by atoms with Gasteiger partial charge in [-0.3, -0.25) is 0 Å². The van der Waals surface area contributed by atoms with Crippen molar-refractivity contribution in [2.45, 2.75) is 36.5 Å². The molecule has 0 fully saturated rings. The molecular formula is C22H22O2S. The normalized spacial score (nSPS) is 11.4. The predicted molar refractivity (Wildman–Crippen MR) is 102 cm³/mol. The highest BCUT2D eigenvalue weighted by atomic mass is 32.2. The van der Waals surface area contributed by atoms with Crippen molar-refractivity contribution < 1.29 is 8.42 Å². The Hall–Kier alpha value is -2.39. The van der Waals surface area contributed by atoms with Crippen LogP contribution in [0.15, 0.2) is 82.6 Å². The number of aryl methyl sites for hydroxylation is 2. The van der Waals surface area contributed by atoms with Crippen molar-refractivity contribution in [3.05, 3.63) is 95.1 Å². The van der Waals surface area contributed by atoms with E-state index in [2.05, 4.69) is 31.2 Å². The summed E-state index contributed by atoms with van der Waals surface area (Å²) in [5, 5.41) is 0. The second kappa shape index (κ2) is 7.24. The van der Waals surface area contributed by atoms with Gasteiger partial charge in [-0.25, -0.2) is 8.42 Å². The fourth-order valence-corrected chi connectivity index (χ4v) is 4.03. The standard InChI is InChI=1S/C22H22O2S/c1-3-18-6-8-19(9-7-18)16-20-10-14-22(15-11-20)25(23,24)21-12-4-17(2)5-13-21/h4-15H,3,16H2,1-2H3. The molecular weight excluding hydrogens is 328 g/mol. The third kappa shape index (κ3) is 3.99. The van der Waals surface area contributed by atoms with E-state index in [1.807, 2.05) is 31.2 Å². The van der Waals surface area contributed by atoms with E-state index >= 15 is 0 Å². The van der Waals surface area contributed by atoms with Gasteiger partial charge in [-0.2, -0.15) is 0 Å². The summed E-state index contributed by atoms with van der Waals surface area (Å²) in [5.74, 6) is 0. The molecule has 0 saturated heterocycles. The van der Waals surface area contributed by atoms with Crippen LogP contribution in [0, 0.1) is 6.92 Å². The number of rotatable bonds is 5. The van der Waals surface area contributed by atoms with Crippen LogP contribution in [0.5, 0.6) is 0 Å². The van der Waals surface area contributed by atoms with Gasteiger partial charge in [0.05, 0.1) is 9.79 Å². The monoisotopic (exact) mass is 350 g/mol. The lowest BCUT2D eigenvalue weighted by Crippen LogP contribution is -2.02. The molecule has 0 unspecified atom stereocenters. The lowest BCUT2D eigenvalue weighted by Gasteiger charge is -2.07. The predicted octanol–water partition coefficient (Wildman–Crippen LogP) is 4.98. The van der Waals surface area contributed by atoms with Gasteiger partial charge in [-0.15, -0.1) is 0 Å². The van der Waals surface area contributed by atoms with Gasteiger partial charge in [-0.1, -0.05) is 61.0 Å². The smallest absolute Gasteiger partial charge is 0.206 e. The van der Waals surface area contributed by atoms with Crippen molar-refractivity contribution in [2.24, 2.45) is 0 Å². The van der Waals surface area contributed by atoms with E-state index in [1.54, 1.807) is 24.3 Å². The van der Waals surface area contributed by atoms with E-state index in [4.69, 9.17) is 0 Å². The fraction of sp³-hybridized carbons (Fsp3) is 0.182. The Morgan fingerprint density at radius 3 is 1.52 bits per heavy atom. The molecule has 3 heteroatoms. The molecule has 3 aromatic rings. The van der Waals surface area contributed by atoms with Crippen LogP contribution in [0.1, 0.15) is 29.2 Å². The molecule has 0 heterocycles. The maximum absolute atomic E-state index is 12.7. The lowest BCUT2D eigenvalue weighted by atomic mass is 10.0. The number of sulfone groups is 1. The molecule has 0 aliphatic heterocycles. The Labute approximate surface area is 150 Å². The van der Waals surface area contributed by atoms with E-state index < -0.39 is 9.84 Å². The zero-order chi connectivity index (χ0) is 17.9. The largest absolute Gasteiger partial charge is 0.219 e. The minimum Gasteiger partial charge on any atom is -0.219 e. The third-order valence-corrected chi connectivity index (χ3v) is 6.19. The summed E-state index contributed by atoms with van der Waals surface area (Å²) in [4.78, 5) is 0.669. The topological polar surface area (TPSA) is 34.1 Å². The SMILES string of the molecule is CCc1ccc(Cc2ccc(S(=O)(=O)c3ccc(C)cc3)cc2)cc1. The van der Waals surface area contributed by atoms with Crippen molar-refractivity contribution in [1.82, 2.24) is 0 Å². The summed E-state index contributed by atoms with van der Waals surface area (Å²) in [6.45, 7) is 4.08. The quantitative estimate of drug-likeness (QED) is 0.650. The maximum Gasteiger partial charge on any atom is 0.206 e. The van der Waals surface area contributed by atoms with Gasteiger partial charge in [0.15, 0.2) is 0 Å². The van der Waals surface area contributed by atoms with E-state index in [0.29, 0.717) is 9.79 Å². The third-order valence-electron chi connectivity index (χ3n) is 4.40. The first-order valence-corrected chi connectivity index (χ1v) is 9.96. The molecule has 0 amide bonds. The van der Waals surface area contributed by atoms with Crippen molar-refractivity contribution in [3.63, 3.8) is 0 Å². The van der Waals surface area contributed by atoms with E-state index in [1.165, 1.54) is 11.1 Å². The minimum atomic E-state index is -3.45. The highest BCUT2D eigenvalue weighted by molar-refractivity contribution is 7.91. The van der Waals surface area contributed by atoms with E-state index in [9.17, 15) is 8.42 Å². The van der Waals surface area contributed by atoms with Crippen LogP contribution in [-0.4, -0.2) is 8.42 Å². The molecule has 0 saturated carbocycles. The van der Waals surface area contributed by atoms with Crippen LogP contribution >= 0.6 is 0 Å². The van der Waals surface area contributed by atoms with Gasteiger partial charge in [0.25, 0.3) is 0 Å². The van der Waals surface area contributed by atoms with Crippen LogP contribution in [-0.2, 0) is 22.7 Å². The van der Waals surface area contributed by atoms with E-state index in [0.717, 1.165) is 24.0 Å². The van der Waals surface area contributed by atoms with E-state index in [-0.39, 0.29) is 0 Å². The van der Waals surface area contributed by atoms with Crippen LogP contribution in [0.4, 0.5) is 0 Å². The van der Waals surface area contributed by atoms with Crippen LogP contribution in [0.2, 0.25) is 0 Å². The van der Waals surface area contributed by atoms with Gasteiger partial charge in [0.2, 0.25) is 9.84 Å². The number of benzene rings is 3. The van der Waals surface area contributed by atoms with Gasteiger partial charge in [0, 0.05) is 0 Å². The van der Waals surface area contributed by atoms with Gasteiger partial charge >= 0.3 is 0 Å². The molecule has 0 atom stereocenters. The molecule has 25 heavy (non-hydrogen) atoms. The first-order valence-electron chi connectivity index (χ1n) is 8.47. The molecule has 3 rings (SSSR count). The maximum atomic E-state index is 12.7. The highest BCUT2D eigenvalue weighted by Gasteiger charge is 2.17. The molecule has 0 spiro atoms. The summed E-state index contributed by atoms with van der Waals surface area (Å²) in [6, 6.07) is 22.7. The summed E-state index contributed by atoms with van der Waals surface area (Å²) in [5.41, 5.74) is 4.70. The molecule has 3 aromatic carbocycles. The van der Waals surface area contributed by atoms with Crippen LogP contribution in [0.3, 0.4) is 0 Å². The van der Waals surface area contributed by atoms with Gasteiger partial charge in [0.1, 0.15) is 0 Å². The molecule has 0 radical (unpaired) electrons. The minimum absolute atomic E-state index is 0.334. The summed E-state index contributed by atoms with van der Waals surface area (Å²) in [6.07, 6.45) is 1.83. The fourth-order valence-electron chi connectivity index (χ4n) is 2.77.